The summed E-state index contributed by atoms with van der Waals surface area (Å²) in [5.74, 6) is -1.43. The van der Waals surface area contributed by atoms with E-state index in [1.165, 1.54) is 12.4 Å². The number of morpholine rings is 1. The Labute approximate surface area is 256 Å². The second kappa shape index (κ2) is 14.0. The lowest BCUT2D eigenvalue weighted by Crippen LogP contribution is -2.36. The number of carboxylic acid groups (broad SMARTS) is 1. The fourth-order valence-corrected chi connectivity index (χ4v) is 4.62. The van der Waals surface area contributed by atoms with Crippen LogP contribution in [-0.4, -0.2) is 54.0 Å². The summed E-state index contributed by atoms with van der Waals surface area (Å²) in [6.07, 6.45) is -12.6. The van der Waals surface area contributed by atoms with Gasteiger partial charge in [0.1, 0.15) is 5.75 Å². The summed E-state index contributed by atoms with van der Waals surface area (Å²) in [4.78, 5) is 22.4. The molecule has 1 aromatic heterocycles. The van der Waals surface area contributed by atoms with E-state index < -0.39 is 59.8 Å². The molecule has 2 heterocycles. The molecule has 0 saturated carbocycles. The summed E-state index contributed by atoms with van der Waals surface area (Å²) in [6.45, 7) is 0.460. The van der Waals surface area contributed by atoms with Gasteiger partial charge in [0, 0.05) is 38.2 Å². The molecular formula is C29H27F9N4O4. The highest BCUT2D eigenvalue weighted by Gasteiger charge is 2.37. The third-order valence-corrected chi connectivity index (χ3v) is 6.85. The van der Waals surface area contributed by atoms with Gasteiger partial charge in [0.15, 0.2) is 0 Å². The van der Waals surface area contributed by atoms with Crippen molar-refractivity contribution in [2.75, 3.05) is 42.7 Å². The first kappa shape index (κ1) is 34.6. The third-order valence-electron chi connectivity index (χ3n) is 6.85. The minimum Gasteiger partial charge on any atom is -0.493 e. The minimum atomic E-state index is -5.13. The number of carboxylic acids is 1. The molecule has 3 aromatic rings. The predicted octanol–water partition coefficient (Wildman–Crippen LogP) is 6.82. The number of anilines is 2. The molecule has 250 valence electrons. The highest BCUT2D eigenvalue weighted by molar-refractivity contribution is 5.66. The maximum Gasteiger partial charge on any atom is 0.416 e. The van der Waals surface area contributed by atoms with Crippen molar-refractivity contribution in [2.45, 2.75) is 44.5 Å². The number of halogens is 9. The van der Waals surface area contributed by atoms with Crippen molar-refractivity contribution >= 4 is 17.6 Å². The molecule has 2 aromatic carbocycles. The maximum absolute atomic E-state index is 13.7. The van der Waals surface area contributed by atoms with E-state index in [9.17, 15) is 44.3 Å². The molecule has 8 nitrogen and oxygen atoms in total. The SMILES string of the molecule is O=C(O)CCCOc1ccc(C(F)(F)F)cc1CN(Cc1cc(C(F)(F)F)cc(C(F)(F)F)c1)c1ncc(N2CCOCC2)cn1. The summed E-state index contributed by atoms with van der Waals surface area (Å²) in [7, 11) is 0. The number of aliphatic carboxylic acids is 1. The molecule has 0 bridgehead atoms. The molecule has 17 heteroatoms. The fraction of sp³-hybridized carbons (Fsp3) is 0.414. The largest absolute Gasteiger partial charge is 0.493 e. The van der Waals surface area contributed by atoms with Gasteiger partial charge in [0.05, 0.1) is 54.6 Å². The van der Waals surface area contributed by atoms with E-state index in [4.69, 9.17) is 14.6 Å². The smallest absolute Gasteiger partial charge is 0.416 e. The number of hydrogen-bond acceptors (Lipinski definition) is 7. The van der Waals surface area contributed by atoms with E-state index in [0.717, 1.165) is 23.1 Å². The second-order valence-electron chi connectivity index (χ2n) is 10.3. The molecular weight excluding hydrogens is 639 g/mol. The van der Waals surface area contributed by atoms with Gasteiger partial charge in [0.2, 0.25) is 5.95 Å². The maximum atomic E-state index is 13.7. The van der Waals surface area contributed by atoms with Crippen molar-refractivity contribution in [3.63, 3.8) is 0 Å². The van der Waals surface area contributed by atoms with Gasteiger partial charge in [-0.2, -0.15) is 39.5 Å². The molecule has 1 saturated heterocycles. The van der Waals surface area contributed by atoms with E-state index in [1.807, 2.05) is 4.90 Å². The van der Waals surface area contributed by atoms with Crippen LogP contribution in [0.25, 0.3) is 0 Å². The van der Waals surface area contributed by atoms with Crippen LogP contribution < -0.4 is 14.5 Å². The summed E-state index contributed by atoms with van der Waals surface area (Å²) in [5.41, 5.74) is -4.29. The fourth-order valence-electron chi connectivity index (χ4n) is 4.62. The molecule has 0 radical (unpaired) electrons. The van der Waals surface area contributed by atoms with Crippen molar-refractivity contribution in [2.24, 2.45) is 0 Å². The highest BCUT2D eigenvalue weighted by atomic mass is 19.4. The van der Waals surface area contributed by atoms with Crippen molar-refractivity contribution in [1.29, 1.82) is 0 Å². The quantitative estimate of drug-likeness (QED) is 0.176. The molecule has 0 unspecified atom stereocenters. The summed E-state index contributed by atoms with van der Waals surface area (Å²) < 4.78 is 133. The summed E-state index contributed by atoms with van der Waals surface area (Å²) >= 11 is 0. The Hall–Kier alpha value is -4.28. The number of hydrogen-bond donors (Lipinski definition) is 1. The Morgan fingerprint density at radius 3 is 1.98 bits per heavy atom. The van der Waals surface area contributed by atoms with Crippen LogP contribution in [0.5, 0.6) is 5.75 Å². The van der Waals surface area contributed by atoms with Gasteiger partial charge in [-0.25, -0.2) is 9.97 Å². The first-order valence-corrected chi connectivity index (χ1v) is 13.7. The first-order chi connectivity index (χ1) is 21.5. The van der Waals surface area contributed by atoms with Crippen molar-refractivity contribution in [3.8, 4) is 5.75 Å². The van der Waals surface area contributed by atoms with Crippen molar-refractivity contribution < 1.29 is 58.9 Å². The van der Waals surface area contributed by atoms with Crippen LogP contribution in [0.4, 0.5) is 51.1 Å². The zero-order chi connectivity index (χ0) is 33.7. The molecule has 1 aliphatic heterocycles. The zero-order valence-corrected chi connectivity index (χ0v) is 23.8. The molecule has 1 aliphatic rings. The molecule has 0 atom stereocenters. The van der Waals surface area contributed by atoms with Gasteiger partial charge in [-0.15, -0.1) is 0 Å². The van der Waals surface area contributed by atoms with Gasteiger partial charge in [-0.05, 0) is 48.4 Å². The topological polar surface area (TPSA) is 88.0 Å². The lowest BCUT2D eigenvalue weighted by Gasteiger charge is -2.29. The molecule has 0 aliphatic carbocycles. The van der Waals surface area contributed by atoms with Gasteiger partial charge < -0.3 is 24.4 Å². The van der Waals surface area contributed by atoms with E-state index in [0.29, 0.717) is 44.1 Å². The lowest BCUT2D eigenvalue weighted by molar-refractivity contribution is -0.143. The number of ether oxygens (including phenoxy) is 2. The van der Waals surface area contributed by atoms with Crippen LogP contribution >= 0.6 is 0 Å². The van der Waals surface area contributed by atoms with Crippen LogP contribution in [0, 0.1) is 0 Å². The summed E-state index contributed by atoms with van der Waals surface area (Å²) in [5, 5.41) is 8.87. The number of nitrogens with zero attached hydrogens (tertiary/aromatic N) is 4. The normalized spacial score (nSPS) is 14.3. The van der Waals surface area contributed by atoms with Gasteiger partial charge in [-0.1, -0.05) is 0 Å². The molecule has 1 fully saturated rings. The predicted molar refractivity (Wildman–Crippen MR) is 145 cm³/mol. The van der Waals surface area contributed by atoms with Gasteiger partial charge >= 0.3 is 24.5 Å². The Balaban J connectivity index is 1.76. The van der Waals surface area contributed by atoms with Crippen molar-refractivity contribution in [3.05, 3.63) is 76.6 Å². The number of aromatic nitrogens is 2. The Morgan fingerprint density at radius 2 is 1.43 bits per heavy atom. The standard InChI is InChI=1S/C29H27F9N4O4/c30-27(31,32)20-3-4-24(46-7-1-2-25(43)44)19(12-20)17-42(26-39-14-23(15-40-26)41-5-8-45-9-6-41)16-18-10-21(28(33,34)35)13-22(11-18)29(36,37)38/h3-4,10-15H,1-2,5-9,16-17H2,(H,43,44). The van der Waals surface area contributed by atoms with Gasteiger partial charge in [0.25, 0.3) is 0 Å². The molecule has 0 amide bonds. The monoisotopic (exact) mass is 666 g/mol. The average Bonchev–Trinajstić information content (AvgIpc) is 2.98. The molecule has 46 heavy (non-hydrogen) atoms. The van der Waals surface area contributed by atoms with E-state index in [1.54, 1.807) is 0 Å². The molecule has 4 rings (SSSR count). The number of benzene rings is 2. The lowest BCUT2D eigenvalue weighted by atomic mass is 10.0. The van der Waals surface area contributed by atoms with Crippen LogP contribution in [0.3, 0.4) is 0 Å². The van der Waals surface area contributed by atoms with Gasteiger partial charge in [-0.3, -0.25) is 4.79 Å². The Morgan fingerprint density at radius 1 is 0.848 bits per heavy atom. The minimum absolute atomic E-state index is 0.01000. The zero-order valence-electron chi connectivity index (χ0n) is 23.8. The molecule has 0 spiro atoms. The Kier molecular flexibility index (Phi) is 10.5. The second-order valence-corrected chi connectivity index (χ2v) is 10.3. The highest BCUT2D eigenvalue weighted by Crippen LogP contribution is 2.38. The Bertz CT molecular complexity index is 1460. The van der Waals surface area contributed by atoms with Crippen molar-refractivity contribution in [1.82, 2.24) is 9.97 Å². The van der Waals surface area contributed by atoms with Crippen LogP contribution in [0.1, 0.15) is 40.7 Å². The van der Waals surface area contributed by atoms with Crippen LogP contribution in [0.15, 0.2) is 48.8 Å². The third kappa shape index (κ3) is 9.37. The van der Waals surface area contributed by atoms with E-state index in [2.05, 4.69) is 9.97 Å². The average molecular weight is 667 g/mol. The van der Waals surface area contributed by atoms with E-state index in [-0.39, 0.29) is 42.8 Å². The number of carbonyl (C=O) groups is 1. The van der Waals surface area contributed by atoms with E-state index >= 15 is 0 Å². The molecule has 1 N–H and O–H groups in total. The number of alkyl halides is 9. The first-order valence-electron chi connectivity index (χ1n) is 13.7. The van der Waals surface area contributed by atoms with Crippen LogP contribution in [0.2, 0.25) is 0 Å². The summed E-state index contributed by atoms with van der Waals surface area (Å²) in [6, 6.07) is 3.47. The van der Waals surface area contributed by atoms with Crippen LogP contribution in [-0.2, 0) is 41.1 Å². The number of rotatable bonds is 11.